The summed E-state index contributed by atoms with van der Waals surface area (Å²) < 4.78 is 47.3. The van der Waals surface area contributed by atoms with E-state index < -0.39 is 31.4 Å². The van der Waals surface area contributed by atoms with Crippen molar-refractivity contribution in [1.29, 1.82) is 0 Å². The molecule has 0 saturated carbocycles. The lowest BCUT2D eigenvalue weighted by atomic mass is 9.72. The molecule has 1 aliphatic carbocycles. The highest BCUT2D eigenvalue weighted by Gasteiger charge is 2.33. The van der Waals surface area contributed by atoms with Gasteiger partial charge in [-0.15, -0.1) is 0 Å². The third-order valence-corrected chi connectivity index (χ3v) is 14.3. The number of benzene rings is 3. The number of aromatic nitrogens is 2. The number of carbonyl (C=O) groups is 1. The number of pyridine rings is 1. The highest BCUT2D eigenvalue weighted by atomic mass is 35.5. The second-order valence-corrected chi connectivity index (χ2v) is 20.1. The predicted octanol–water partition coefficient (Wildman–Crippen LogP) is 7.78. The summed E-state index contributed by atoms with van der Waals surface area (Å²) in [6, 6.07) is 20.9. The number of amides is 1. The van der Waals surface area contributed by atoms with Crippen LogP contribution in [-0.4, -0.2) is 112 Å². The van der Waals surface area contributed by atoms with Crippen LogP contribution in [0.15, 0.2) is 89.5 Å². The van der Waals surface area contributed by atoms with E-state index in [1.165, 1.54) is 28.8 Å². The van der Waals surface area contributed by atoms with E-state index in [1.54, 1.807) is 12.3 Å². The Bertz CT molecular complexity index is 2750. The van der Waals surface area contributed by atoms with Gasteiger partial charge in [0, 0.05) is 67.6 Å². The maximum absolute atomic E-state index is 14.4. The van der Waals surface area contributed by atoms with Gasteiger partial charge < -0.3 is 34.3 Å². The van der Waals surface area contributed by atoms with Gasteiger partial charge in [-0.05, 0) is 97.3 Å². The molecule has 18 heteroatoms. The SMILES string of the molecule is C[C@H]1CN(c2cc(N3CCN(CC4=C(c5ccc(Cl)cc5)CC(C)(C)CC4)CC3)ccc2C(=O)NS(=O)(=O)c2ccc(NC[C@@H]3COCCO3)c([N+](=O)[O-])c2)c2cc3cc[nH]c3nc2O1. The molecule has 0 radical (unpaired) electrons. The van der Waals surface area contributed by atoms with Crippen LogP contribution in [0, 0.1) is 15.5 Å². The average molecular weight is 926 g/mol. The summed E-state index contributed by atoms with van der Waals surface area (Å²) in [7, 11) is -4.60. The molecule has 3 aromatic carbocycles. The molecule has 2 saturated heterocycles. The first-order chi connectivity index (χ1) is 31.2. The van der Waals surface area contributed by atoms with Gasteiger partial charge in [-0.25, -0.2) is 13.1 Å². The number of H-pyrrole nitrogens is 1. The lowest BCUT2D eigenvalue weighted by Crippen LogP contribution is -2.47. The summed E-state index contributed by atoms with van der Waals surface area (Å²) >= 11 is 6.27. The van der Waals surface area contributed by atoms with Crippen molar-refractivity contribution in [2.45, 2.75) is 57.1 Å². The molecule has 5 heterocycles. The first-order valence-electron chi connectivity index (χ1n) is 22.0. The number of fused-ring (bicyclic) bond motifs is 2. The van der Waals surface area contributed by atoms with E-state index in [9.17, 15) is 23.3 Å². The van der Waals surface area contributed by atoms with Gasteiger partial charge in [-0.3, -0.25) is 19.8 Å². The number of halogens is 1. The number of aromatic amines is 1. The van der Waals surface area contributed by atoms with Gasteiger partial charge in [0.05, 0.1) is 53.5 Å². The lowest BCUT2D eigenvalue weighted by Gasteiger charge is -2.40. The lowest BCUT2D eigenvalue weighted by molar-refractivity contribution is -0.384. The van der Waals surface area contributed by atoms with Gasteiger partial charge in [0.1, 0.15) is 23.1 Å². The van der Waals surface area contributed by atoms with Crippen molar-refractivity contribution in [2.24, 2.45) is 5.41 Å². The topological polar surface area (TPSA) is 185 Å². The van der Waals surface area contributed by atoms with Crippen molar-refractivity contribution in [3.05, 3.63) is 111 Å². The maximum Gasteiger partial charge on any atom is 0.293 e. The van der Waals surface area contributed by atoms with Gasteiger partial charge in [0.15, 0.2) is 0 Å². The zero-order valence-corrected chi connectivity index (χ0v) is 38.2. The van der Waals surface area contributed by atoms with Crippen molar-refractivity contribution < 1.29 is 32.3 Å². The molecule has 2 fully saturated rings. The van der Waals surface area contributed by atoms with Crippen LogP contribution in [0.5, 0.6) is 5.88 Å². The first kappa shape index (κ1) is 44.5. The second-order valence-electron chi connectivity index (χ2n) is 18.0. The van der Waals surface area contributed by atoms with E-state index in [-0.39, 0.29) is 35.4 Å². The molecule has 0 unspecified atom stereocenters. The zero-order chi connectivity index (χ0) is 45.5. The molecule has 0 spiro atoms. The maximum atomic E-state index is 14.4. The Morgan fingerprint density at radius 3 is 2.57 bits per heavy atom. The molecule has 0 bridgehead atoms. The molecule has 3 N–H and O–H groups in total. The number of nitro groups is 1. The number of rotatable bonds is 12. The van der Waals surface area contributed by atoms with Crippen LogP contribution in [0.3, 0.4) is 0 Å². The second kappa shape index (κ2) is 18.3. The van der Waals surface area contributed by atoms with E-state index in [2.05, 4.69) is 50.8 Å². The number of ether oxygens (including phenoxy) is 3. The Balaban J connectivity index is 0.987. The van der Waals surface area contributed by atoms with Crippen LogP contribution in [0.25, 0.3) is 16.6 Å². The fourth-order valence-electron chi connectivity index (χ4n) is 9.17. The van der Waals surface area contributed by atoms with Crippen molar-refractivity contribution in [1.82, 2.24) is 19.6 Å². The van der Waals surface area contributed by atoms with Crippen molar-refractivity contribution in [3.8, 4) is 5.88 Å². The molecule has 3 aliphatic heterocycles. The highest BCUT2D eigenvalue weighted by Crippen LogP contribution is 2.44. The van der Waals surface area contributed by atoms with Crippen molar-refractivity contribution >= 4 is 72.6 Å². The largest absolute Gasteiger partial charge is 0.471 e. The van der Waals surface area contributed by atoms with Crippen LogP contribution in [-0.2, 0) is 19.5 Å². The van der Waals surface area contributed by atoms with E-state index in [1.807, 2.05) is 48.2 Å². The van der Waals surface area contributed by atoms with Crippen LogP contribution < -0.4 is 24.6 Å². The Hall–Kier alpha value is -5.72. The number of carbonyl (C=O) groups excluding carboxylic acids is 1. The third kappa shape index (κ3) is 9.80. The fourth-order valence-corrected chi connectivity index (χ4v) is 10.3. The summed E-state index contributed by atoms with van der Waals surface area (Å²) in [6.45, 7) is 12.4. The van der Waals surface area contributed by atoms with Crippen LogP contribution >= 0.6 is 11.6 Å². The summed E-state index contributed by atoms with van der Waals surface area (Å²) in [5.74, 6) is -0.522. The minimum absolute atomic E-state index is 0.0922. The number of nitrogens with one attached hydrogen (secondary N) is 3. The summed E-state index contributed by atoms with van der Waals surface area (Å²) in [4.78, 5) is 40.0. The molecule has 4 aliphatic rings. The number of hydrogen-bond acceptors (Lipinski definition) is 13. The quantitative estimate of drug-likeness (QED) is 0.0815. The van der Waals surface area contributed by atoms with Crippen molar-refractivity contribution in [2.75, 3.05) is 80.8 Å². The molecule has 65 heavy (non-hydrogen) atoms. The number of nitro benzene ring substituents is 1. The normalized spacial score (nSPS) is 20.3. The van der Waals surface area contributed by atoms with Crippen LogP contribution in [0.4, 0.5) is 28.4 Å². The predicted molar refractivity (Wildman–Crippen MR) is 251 cm³/mol. The summed E-state index contributed by atoms with van der Waals surface area (Å²) in [5.41, 5.74) is 6.68. The highest BCUT2D eigenvalue weighted by molar-refractivity contribution is 7.90. The number of nitrogens with zero attached hydrogens (tertiary/aromatic N) is 5. The molecule has 1 amide bonds. The Morgan fingerprint density at radius 2 is 1.82 bits per heavy atom. The molecule has 2 atom stereocenters. The monoisotopic (exact) mass is 924 g/mol. The fraction of sp³-hybridized carbons (Fsp3) is 0.404. The standard InChI is InChI=1S/C47H53ClN8O8S/c1-30-27-55(43-22-32-13-15-49-44(32)51-46(43)64-30)41-23-35(54-18-16-53(17-19-54)28-33-12-14-47(2,3)25-39(33)31-4-6-34(48)7-5-31)8-10-38(41)45(57)52-65(60,61)37-9-11-40(42(24-37)56(58)59)50-26-36-29-62-20-21-63-36/h4-11,13,15,22-24,30,36,50H,12,14,16-21,25-29H2,1-3H3,(H,49,51)(H,52,57)/t30-,36+/m0/s1. The molecule has 16 nitrogen and oxygen atoms in total. The molecular formula is C47H53ClN8O8S. The smallest absolute Gasteiger partial charge is 0.293 e. The van der Waals surface area contributed by atoms with E-state index in [0.717, 1.165) is 74.1 Å². The summed E-state index contributed by atoms with van der Waals surface area (Å²) in [5, 5.41) is 16.7. The van der Waals surface area contributed by atoms with E-state index in [0.29, 0.717) is 49.3 Å². The average Bonchev–Trinajstić information content (AvgIpc) is 3.76. The van der Waals surface area contributed by atoms with Gasteiger partial charge in [-0.2, -0.15) is 4.98 Å². The molecule has 5 aromatic rings. The van der Waals surface area contributed by atoms with E-state index in [4.69, 9.17) is 30.8 Å². The van der Waals surface area contributed by atoms with Gasteiger partial charge in [-0.1, -0.05) is 43.2 Å². The first-order valence-corrected chi connectivity index (χ1v) is 23.9. The van der Waals surface area contributed by atoms with Gasteiger partial charge in [0.2, 0.25) is 5.88 Å². The van der Waals surface area contributed by atoms with Crippen molar-refractivity contribution in [3.63, 3.8) is 0 Å². The number of hydrogen-bond donors (Lipinski definition) is 3. The third-order valence-electron chi connectivity index (χ3n) is 12.7. The Morgan fingerprint density at radius 1 is 1.02 bits per heavy atom. The van der Waals surface area contributed by atoms with Gasteiger partial charge >= 0.3 is 0 Å². The Kier molecular flexibility index (Phi) is 12.5. The number of allylic oxidation sites excluding steroid dienone is 1. The molecular weight excluding hydrogens is 872 g/mol. The minimum atomic E-state index is -4.60. The molecule has 342 valence electrons. The summed E-state index contributed by atoms with van der Waals surface area (Å²) in [6.07, 6.45) is 4.32. The molecule has 9 rings (SSSR count). The molecule has 2 aromatic heterocycles. The zero-order valence-electron chi connectivity index (χ0n) is 36.6. The number of sulfonamides is 1. The van der Waals surface area contributed by atoms with E-state index >= 15 is 0 Å². The van der Waals surface area contributed by atoms with Crippen LogP contribution in [0.2, 0.25) is 5.02 Å². The number of anilines is 4. The number of piperazine rings is 1. The van der Waals surface area contributed by atoms with Crippen LogP contribution in [0.1, 0.15) is 56.0 Å². The van der Waals surface area contributed by atoms with Gasteiger partial charge in [0.25, 0.3) is 21.6 Å². The Labute approximate surface area is 383 Å². The minimum Gasteiger partial charge on any atom is -0.471 e.